The molecule has 0 radical (unpaired) electrons. The highest BCUT2D eigenvalue weighted by Gasteiger charge is 2.14. The second-order valence-corrected chi connectivity index (χ2v) is 4.19. The third kappa shape index (κ3) is 2.52. The summed E-state index contributed by atoms with van der Waals surface area (Å²) >= 11 is 0. The fraction of sp³-hybridized carbons (Fsp3) is 0.231. The minimum atomic E-state index is -0.653. The predicted octanol–water partition coefficient (Wildman–Crippen LogP) is 0.193. The summed E-state index contributed by atoms with van der Waals surface area (Å²) in [6, 6.07) is 9.09. The minimum absolute atomic E-state index is 0.120. The average molecular weight is 259 g/mol. The van der Waals surface area contributed by atoms with Crippen LogP contribution in [-0.2, 0) is 13.6 Å². The number of hydrogen-bond acceptors (Lipinski definition) is 4. The van der Waals surface area contributed by atoms with Gasteiger partial charge in [-0.2, -0.15) is 5.10 Å². The monoisotopic (exact) mass is 259 g/mol. The molecule has 0 atom stereocenters. The molecule has 0 saturated heterocycles. The van der Waals surface area contributed by atoms with Crippen molar-refractivity contribution in [2.75, 3.05) is 0 Å². The molecule has 0 bridgehead atoms. The predicted molar refractivity (Wildman–Crippen MR) is 69.3 cm³/mol. The molecule has 1 heterocycles. The summed E-state index contributed by atoms with van der Waals surface area (Å²) < 4.78 is 2.01. The van der Waals surface area contributed by atoms with Gasteiger partial charge in [0.2, 0.25) is 0 Å². The van der Waals surface area contributed by atoms with Gasteiger partial charge in [-0.05, 0) is 5.56 Å². The largest absolute Gasteiger partial charge is 0.347 e. The Labute approximate surface area is 108 Å². The number of rotatable bonds is 3. The van der Waals surface area contributed by atoms with Crippen LogP contribution in [0.5, 0.6) is 0 Å². The van der Waals surface area contributed by atoms with E-state index in [1.165, 1.54) is 14.0 Å². The van der Waals surface area contributed by atoms with Gasteiger partial charge in [0.1, 0.15) is 0 Å². The molecule has 2 aromatic rings. The van der Waals surface area contributed by atoms with Crippen LogP contribution in [-0.4, -0.2) is 20.1 Å². The van der Waals surface area contributed by atoms with Crippen molar-refractivity contribution in [2.45, 2.75) is 13.5 Å². The van der Waals surface area contributed by atoms with Crippen molar-refractivity contribution in [1.82, 2.24) is 14.3 Å². The van der Waals surface area contributed by atoms with Crippen molar-refractivity contribution in [2.24, 2.45) is 7.05 Å². The maximum Gasteiger partial charge on any atom is 0.347 e. The van der Waals surface area contributed by atoms with E-state index in [9.17, 15) is 14.4 Å². The highest BCUT2D eigenvalue weighted by Crippen LogP contribution is 1.99. The summed E-state index contributed by atoms with van der Waals surface area (Å²) in [7, 11) is 1.41. The van der Waals surface area contributed by atoms with Gasteiger partial charge in [-0.15, -0.1) is 0 Å². The summed E-state index contributed by atoms with van der Waals surface area (Å²) in [6.45, 7) is 1.37. The topological polar surface area (TPSA) is 74.0 Å². The molecule has 2 rings (SSSR count). The summed E-state index contributed by atoms with van der Waals surface area (Å²) in [6.07, 6.45) is 0. The van der Waals surface area contributed by atoms with Crippen molar-refractivity contribution in [3.05, 3.63) is 62.4 Å². The number of Topliss-reactive ketones (excluding diaryl/α,β-unsaturated/α-hetero) is 1. The van der Waals surface area contributed by atoms with Crippen LogP contribution in [0.2, 0.25) is 0 Å². The summed E-state index contributed by atoms with van der Waals surface area (Å²) in [4.78, 5) is 35.3. The molecular formula is C13H13N3O3. The van der Waals surface area contributed by atoms with E-state index in [-0.39, 0.29) is 12.2 Å². The Kier molecular flexibility index (Phi) is 3.41. The molecule has 1 aromatic heterocycles. The van der Waals surface area contributed by atoms with Crippen LogP contribution >= 0.6 is 0 Å². The van der Waals surface area contributed by atoms with Crippen LogP contribution in [0.1, 0.15) is 23.0 Å². The maximum atomic E-state index is 12.1. The minimum Gasteiger partial charge on any atom is -0.292 e. The molecule has 0 unspecified atom stereocenters. The number of carbonyl (C=O) groups excluding carboxylic acids is 1. The second-order valence-electron chi connectivity index (χ2n) is 4.19. The third-order valence-electron chi connectivity index (χ3n) is 2.72. The van der Waals surface area contributed by atoms with Gasteiger partial charge in [-0.1, -0.05) is 30.3 Å². The lowest BCUT2D eigenvalue weighted by atomic mass is 10.2. The van der Waals surface area contributed by atoms with Crippen LogP contribution in [0.4, 0.5) is 0 Å². The van der Waals surface area contributed by atoms with Gasteiger partial charge in [0, 0.05) is 14.0 Å². The molecule has 1 aromatic carbocycles. The molecule has 6 heteroatoms. The number of carbonyl (C=O) groups is 1. The number of aromatic nitrogens is 3. The fourth-order valence-corrected chi connectivity index (χ4v) is 1.75. The van der Waals surface area contributed by atoms with Crippen LogP contribution in [0.15, 0.2) is 39.9 Å². The van der Waals surface area contributed by atoms with Crippen molar-refractivity contribution >= 4 is 5.78 Å². The second kappa shape index (κ2) is 5.01. The maximum absolute atomic E-state index is 12.1. The van der Waals surface area contributed by atoms with Crippen LogP contribution in [0.3, 0.4) is 0 Å². The van der Waals surface area contributed by atoms with Crippen molar-refractivity contribution in [3.63, 3.8) is 0 Å². The third-order valence-corrected chi connectivity index (χ3v) is 2.72. The van der Waals surface area contributed by atoms with E-state index in [1.807, 2.05) is 18.2 Å². The lowest BCUT2D eigenvalue weighted by Gasteiger charge is -2.08. The summed E-state index contributed by atoms with van der Waals surface area (Å²) in [5.41, 5.74) is -0.612. The molecule has 0 saturated carbocycles. The Morgan fingerprint density at radius 2 is 1.84 bits per heavy atom. The van der Waals surface area contributed by atoms with Gasteiger partial charge in [0.05, 0.1) is 6.54 Å². The first kappa shape index (κ1) is 12.9. The molecule has 0 spiro atoms. The van der Waals surface area contributed by atoms with E-state index in [2.05, 4.69) is 5.10 Å². The highest BCUT2D eigenvalue weighted by atomic mass is 16.2. The molecule has 0 fully saturated rings. The Morgan fingerprint density at radius 1 is 1.21 bits per heavy atom. The van der Waals surface area contributed by atoms with Crippen molar-refractivity contribution in [1.29, 1.82) is 0 Å². The van der Waals surface area contributed by atoms with Crippen LogP contribution < -0.4 is 11.2 Å². The van der Waals surface area contributed by atoms with E-state index in [0.29, 0.717) is 0 Å². The van der Waals surface area contributed by atoms with Crippen molar-refractivity contribution < 1.29 is 4.79 Å². The Morgan fingerprint density at radius 3 is 2.42 bits per heavy atom. The Hall–Kier alpha value is -2.50. The fourth-order valence-electron chi connectivity index (χ4n) is 1.75. The zero-order valence-corrected chi connectivity index (χ0v) is 10.7. The number of benzene rings is 1. The number of aryl methyl sites for hydroxylation is 1. The van der Waals surface area contributed by atoms with E-state index in [1.54, 1.807) is 12.1 Å². The summed E-state index contributed by atoms with van der Waals surface area (Å²) in [5, 5.41) is 3.70. The first-order chi connectivity index (χ1) is 9.00. The van der Waals surface area contributed by atoms with E-state index in [0.717, 1.165) is 14.8 Å². The molecule has 0 aliphatic rings. The van der Waals surface area contributed by atoms with Gasteiger partial charge in [0.15, 0.2) is 11.5 Å². The molecule has 98 valence electrons. The van der Waals surface area contributed by atoms with Gasteiger partial charge in [0.25, 0.3) is 5.56 Å². The highest BCUT2D eigenvalue weighted by molar-refractivity contribution is 5.91. The SMILES string of the molecule is CC(=O)c1nn(C)c(=O)n(Cc2ccccc2)c1=O. The number of hydrogen-bond donors (Lipinski definition) is 0. The standard InChI is InChI=1S/C13H13N3O3/c1-9(17)11-12(18)16(13(19)15(2)14-11)8-10-6-4-3-5-7-10/h3-7H,8H2,1-2H3. The zero-order valence-electron chi connectivity index (χ0n) is 10.7. The van der Waals surface area contributed by atoms with Crippen molar-refractivity contribution in [3.8, 4) is 0 Å². The average Bonchev–Trinajstić information content (AvgIpc) is 2.40. The number of nitrogens with zero attached hydrogens (tertiary/aromatic N) is 3. The first-order valence-corrected chi connectivity index (χ1v) is 5.73. The Bertz CT molecular complexity index is 729. The first-order valence-electron chi connectivity index (χ1n) is 5.73. The van der Waals surface area contributed by atoms with Gasteiger partial charge >= 0.3 is 5.69 Å². The van der Waals surface area contributed by atoms with E-state index >= 15 is 0 Å². The number of ketones is 1. The normalized spacial score (nSPS) is 10.4. The zero-order chi connectivity index (χ0) is 14.0. The van der Waals surface area contributed by atoms with Crippen LogP contribution in [0.25, 0.3) is 0 Å². The van der Waals surface area contributed by atoms with E-state index in [4.69, 9.17) is 0 Å². The smallest absolute Gasteiger partial charge is 0.292 e. The van der Waals surface area contributed by atoms with Gasteiger partial charge < -0.3 is 0 Å². The molecule has 0 aliphatic heterocycles. The molecule has 19 heavy (non-hydrogen) atoms. The van der Waals surface area contributed by atoms with Gasteiger partial charge in [-0.25, -0.2) is 9.48 Å². The van der Waals surface area contributed by atoms with Crippen LogP contribution in [0, 0.1) is 0 Å². The quantitative estimate of drug-likeness (QED) is 0.738. The lowest BCUT2D eigenvalue weighted by Crippen LogP contribution is -2.43. The Balaban J connectivity index is 2.60. The molecule has 0 N–H and O–H groups in total. The molecule has 0 amide bonds. The molecular weight excluding hydrogens is 246 g/mol. The van der Waals surface area contributed by atoms with E-state index < -0.39 is 17.0 Å². The lowest BCUT2D eigenvalue weighted by molar-refractivity contribution is 0.100. The van der Waals surface area contributed by atoms with Gasteiger partial charge in [-0.3, -0.25) is 14.2 Å². The molecule has 6 nitrogen and oxygen atoms in total. The molecule has 0 aliphatic carbocycles. The summed E-state index contributed by atoms with van der Waals surface area (Å²) in [5.74, 6) is -0.456.